The first-order valence-electron chi connectivity index (χ1n) is 9.25. The molecule has 1 aromatic heterocycles. The molecule has 6 nitrogen and oxygen atoms in total. The van der Waals surface area contributed by atoms with Gasteiger partial charge in [-0.15, -0.1) is 0 Å². The average Bonchev–Trinajstić information content (AvgIpc) is 2.99. The molecule has 2 unspecified atom stereocenters. The predicted molar refractivity (Wildman–Crippen MR) is 87.7 cm³/mol. The van der Waals surface area contributed by atoms with Crippen LogP contribution in [-0.4, -0.2) is 38.8 Å². The maximum absolute atomic E-state index is 12.5. The highest BCUT2D eigenvalue weighted by Crippen LogP contribution is 2.43. The van der Waals surface area contributed by atoms with Crippen molar-refractivity contribution in [2.45, 2.75) is 95.2 Å². The van der Waals surface area contributed by atoms with E-state index in [9.17, 15) is 4.79 Å². The number of aromatic nitrogens is 2. The highest BCUT2D eigenvalue weighted by atomic mass is 16.6. The van der Waals surface area contributed by atoms with E-state index in [1.807, 2.05) is 25.7 Å². The highest BCUT2D eigenvalue weighted by molar-refractivity contribution is 5.69. The van der Waals surface area contributed by atoms with Gasteiger partial charge in [0.15, 0.2) is 5.82 Å². The van der Waals surface area contributed by atoms with Gasteiger partial charge in [-0.3, -0.25) is 0 Å². The molecule has 132 valence electrons. The Morgan fingerprint density at radius 2 is 1.79 bits per heavy atom. The summed E-state index contributed by atoms with van der Waals surface area (Å²) in [5, 5.41) is 4.25. The molecular weight excluding hydrogens is 306 g/mol. The van der Waals surface area contributed by atoms with E-state index in [-0.39, 0.29) is 18.2 Å². The molecule has 1 saturated carbocycles. The number of carbonyl (C=O) groups is 1. The minimum absolute atomic E-state index is 0.170. The zero-order chi connectivity index (χ0) is 16.9. The van der Waals surface area contributed by atoms with Crippen molar-refractivity contribution in [2.24, 2.45) is 0 Å². The highest BCUT2D eigenvalue weighted by Gasteiger charge is 2.46. The monoisotopic (exact) mass is 333 g/mol. The van der Waals surface area contributed by atoms with Gasteiger partial charge in [0, 0.05) is 23.9 Å². The van der Waals surface area contributed by atoms with Gasteiger partial charge in [0.2, 0.25) is 5.89 Å². The maximum atomic E-state index is 12.5. The lowest BCUT2D eigenvalue weighted by Gasteiger charge is -2.38. The molecular formula is C18H27N3O3. The molecule has 3 fully saturated rings. The summed E-state index contributed by atoms with van der Waals surface area (Å²) in [6.07, 6.45) is 7.37. The summed E-state index contributed by atoms with van der Waals surface area (Å²) in [5.74, 6) is 2.44. The van der Waals surface area contributed by atoms with Gasteiger partial charge in [0.1, 0.15) is 5.60 Å². The van der Waals surface area contributed by atoms with Gasteiger partial charge in [-0.2, -0.15) is 4.98 Å². The molecule has 3 heterocycles. The molecule has 3 aliphatic rings. The van der Waals surface area contributed by atoms with Crippen molar-refractivity contribution >= 4 is 6.09 Å². The second kappa shape index (κ2) is 5.74. The number of rotatable bonds is 2. The Kier molecular flexibility index (Phi) is 3.81. The first kappa shape index (κ1) is 15.9. The number of carbonyl (C=O) groups excluding carboxylic acids is 1. The van der Waals surface area contributed by atoms with Crippen LogP contribution in [0.25, 0.3) is 0 Å². The average molecular weight is 333 g/mol. The predicted octanol–water partition coefficient (Wildman–Crippen LogP) is 3.98. The van der Waals surface area contributed by atoms with E-state index >= 15 is 0 Å². The molecule has 2 bridgehead atoms. The maximum Gasteiger partial charge on any atom is 0.410 e. The fourth-order valence-corrected chi connectivity index (χ4v) is 4.23. The minimum atomic E-state index is -0.446. The topological polar surface area (TPSA) is 68.5 Å². The lowest BCUT2D eigenvalue weighted by molar-refractivity contribution is 0.00549. The van der Waals surface area contributed by atoms with E-state index < -0.39 is 5.60 Å². The van der Waals surface area contributed by atoms with Crippen molar-refractivity contribution in [3.63, 3.8) is 0 Å². The normalized spacial score (nSPS) is 30.3. The number of piperidine rings is 1. The van der Waals surface area contributed by atoms with E-state index in [0.29, 0.717) is 11.8 Å². The second-order valence-electron chi connectivity index (χ2n) is 8.56. The van der Waals surface area contributed by atoms with Crippen LogP contribution in [0, 0.1) is 0 Å². The van der Waals surface area contributed by atoms with Crippen LogP contribution in [0.2, 0.25) is 0 Å². The molecule has 0 aromatic carbocycles. The Balaban J connectivity index is 1.44. The van der Waals surface area contributed by atoms with Crippen molar-refractivity contribution in [3.8, 4) is 0 Å². The number of nitrogens with zero attached hydrogens (tertiary/aromatic N) is 3. The van der Waals surface area contributed by atoms with Gasteiger partial charge in [-0.25, -0.2) is 4.79 Å². The van der Waals surface area contributed by atoms with Crippen LogP contribution >= 0.6 is 0 Å². The Morgan fingerprint density at radius 3 is 2.33 bits per heavy atom. The Morgan fingerprint density at radius 1 is 1.12 bits per heavy atom. The van der Waals surface area contributed by atoms with E-state index in [0.717, 1.165) is 37.4 Å². The van der Waals surface area contributed by atoms with Crippen LogP contribution in [-0.2, 0) is 4.74 Å². The van der Waals surface area contributed by atoms with Gasteiger partial charge < -0.3 is 14.2 Å². The molecule has 0 radical (unpaired) electrons. The van der Waals surface area contributed by atoms with Gasteiger partial charge in [-0.05, 0) is 59.3 Å². The molecule has 0 spiro atoms. The summed E-state index contributed by atoms with van der Waals surface area (Å²) in [7, 11) is 0. The van der Waals surface area contributed by atoms with Gasteiger partial charge in [-0.1, -0.05) is 11.6 Å². The van der Waals surface area contributed by atoms with Crippen LogP contribution in [0.3, 0.4) is 0 Å². The quantitative estimate of drug-likeness (QED) is 0.819. The summed E-state index contributed by atoms with van der Waals surface area (Å²) in [6.45, 7) is 5.75. The fraction of sp³-hybridized carbons (Fsp3) is 0.833. The first-order valence-corrected chi connectivity index (χ1v) is 9.25. The third-order valence-electron chi connectivity index (χ3n) is 5.61. The van der Waals surface area contributed by atoms with Crippen LogP contribution in [0.5, 0.6) is 0 Å². The zero-order valence-electron chi connectivity index (χ0n) is 14.8. The zero-order valence-corrected chi connectivity index (χ0v) is 14.8. The lowest BCUT2D eigenvalue weighted by atomic mass is 9.85. The van der Waals surface area contributed by atoms with Crippen LogP contribution < -0.4 is 0 Å². The summed E-state index contributed by atoms with van der Waals surface area (Å²) in [5.41, 5.74) is -0.446. The summed E-state index contributed by atoms with van der Waals surface area (Å²) in [6, 6.07) is 0.489. The molecule has 2 atom stereocenters. The molecule has 6 heteroatoms. The van der Waals surface area contributed by atoms with Crippen molar-refractivity contribution in [1.82, 2.24) is 15.0 Å². The minimum Gasteiger partial charge on any atom is -0.444 e. The second-order valence-corrected chi connectivity index (χ2v) is 8.56. The largest absolute Gasteiger partial charge is 0.444 e. The van der Waals surface area contributed by atoms with Crippen LogP contribution in [0.1, 0.15) is 89.3 Å². The number of ether oxygens (including phenoxy) is 1. The van der Waals surface area contributed by atoms with E-state index in [1.54, 1.807) is 0 Å². The number of hydrogen-bond donors (Lipinski definition) is 0. The molecule has 2 saturated heterocycles. The summed E-state index contributed by atoms with van der Waals surface area (Å²) in [4.78, 5) is 19.1. The van der Waals surface area contributed by atoms with E-state index in [1.165, 1.54) is 19.3 Å². The molecule has 2 aliphatic heterocycles. The van der Waals surface area contributed by atoms with Crippen molar-refractivity contribution in [2.75, 3.05) is 0 Å². The Labute approximate surface area is 142 Å². The van der Waals surface area contributed by atoms with E-state index in [2.05, 4.69) is 10.1 Å². The molecule has 1 aliphatic carbocycles. The summed E-state index contributed by atoms with van der Waals surface area (Å²) < 4.78 is 11.1. The lowest BCUT2D eigenvalue weighted by Crippen LogP contribution is -2.48. The fourth-order valence-electron chi connectivity index (χ4n) is 4.23. The molecule has 4 rings (SSSR count). The summed E-state index contributed by atoms with van der Waals surface area (Å²) >= 11 is 0. The molecule has 1 amide bonds. The first-order chi connectivity index (χ1) is 11.4. The Hall–Kier alpha value is -1.59. The van der Waals surface area contributed by atoms with Crippen molar-refractivity contribution in [1.29, 1.82) is 0 Å². The molecule has 1 aromatic rings. The van der Waals surface area contributed by atoms with Gasteiger partial charge >= 0.3 is 6.09 Å². The number of amides is 1. The SMILES string of the molecule is CC(C)(C)OC(=O)N1C2CCC1CC(c1noc(C3CCC3)n1)C2. The van der Waals surface area contributed by atoms with Crippen LogP contribution in [0.15, 0.2) is 4.52 Å². The van der Waals surface area contributed by atoms with Crippen molar-refractivity contribution < 1.29 is 14.1 Å². The molecule has 0 N–H and O–H groups in total. The molecule has 24 heavy (non-hydrogen) atoms. The van der Waals surface area contributed by atoms with E-state index in [4.69, 9.17) is 9.26 Å². The number of hydrogen-bond acceptors (Lipinski definition) is 5. The Bertz CT molecular complexity index is 603. The number of fused-ring (bicyclic) bond motifs is 2. The third kappa shape index (κ3) is 2.91. The smallest absolute Gasteiger partial charge is 0.410 e. The third-order valence-corrected chi connectivity index (χ3v) is 5.61. The van der Waals surface area contributed by atoms with Gasteiger partial charge in [0.25, 0.3) is 0 Å². The van der Waals surface area contributed by atoms with Crippen LogP contribution in [0.4, 0.5) is 4.79 Å². The van der Waals surface area contributed by atoms with Gasteiger partial charge in [0.05, 0.1) is 0 Å². The van der Waals surface area contributed by atoms with Crippen molar-refractivity contribution in [3.05, 3.63) is 11.7 Å². The standard InChI is InChI=1S/C18H27N3O3/c1-18(2,3)23-17(22)21-13-7-8-14(21)10-12(9-13)15-19-16(24-20-15)11-5-4-6-11/h11-14H,4-10H2,1-3H3.